The fourth-order valence-corrected chi connectivity index (χ4v) is 3.19. The number of carboxylic acid groups (broad SMARTS) is 1. The van der Waals surface area contributed by atoms with Crippen molar-refractivity contribution >= 4 is 5.97 Å². The van der Waals surface area contributed by atoms with E-state index in [0.29, 0.717) is 11.5 Å². The summed E-state index contributed by atoms with van der Waals surface area (Å²) in [6.45, 7) is 7.75. The van der Waals surface area contributed by atoms with E-state index in [9.17, 15) is 4.79 Å². The lowest BCUT2D eigenvalue weighted by atomic mass is 9.71. The first kappa shape index (κ1) is 15.5. The molecule has 1 aliphatic rings. The van der Waals surface area contributed by atoms with Crippen LogP contribution < -0.4 is 0 Å². The van der Waals surface area contributed by atoms with Gasteiger partial charge >= 0.3 is 5.97 Å². The molecule has 1 rings (SSSR count). The summed E-state index contributed by atoms with van der Waals surface area (Å²) in [5.74, 6) is 0.0598. The molecule has 3 nitrogen and oxygen atoms in total. The van der Waals surface area contributed by atoms with E-state index >= 15 is 0 Å². The van der Waals surface area contributed by atoms with E-state index < -0.39 is 5.97 Å². The van der Waals surface area contributed by atoms with E-state index in [2.05, 4.69) is 20.8 Å². The van der Waals surface area contributed by atoms with Gasteiger partial charge in [0.1, 0.15) is 0 Å². The lowest BCUT2D eigenvalue weighted by Crippen LogP contribution is -2.32. The number of hydrogen-bond acceptors (Lipinski definition) is 2. The molecule has 1 aliphatic carbocycles. The summed E-state index contributed by atoms with van der Waals surface area (Å²) < 4.78 is 5.95. The van der Waals surface area contributed by atoms with Gasteiger partial charge in [-0.2, -0.15) is 0 Å². The number of carbonyl (C=O) groups is 1. The van der Waals surface area contributed by atoms with Crippen LogP contribution in [0.4, 0.5) is 0 Å². The molecule has 1 N–H and O–H groups in total. The molecule has 0 heterocycles. The van der Waals surface area contributed by atoms with Crippen LogP contribution in [0, 0.1) is 11.3 Å². The molecule has 2 unspecified atom stereocenters. The molecular formula is C15H28O3. The van der Waals surface area contributed by atoms with Gasteiger partial charge in [0.25, 0.3) is 0 Å². The summed E-state index contributed by atoms with van der Waals surface area (Å²) in [6.07, 6.45) is 7.04. The second-order valence-electron chi connectivity index (χ2n) is 6.61. The molecule has 18 heavy (non-hydrogen) atoms. The van der Waals surface area contributed by atoms with Crippen molar-refractivity contribution in [1.29, 1.82) is 0 Å². The Morgan fingerprint density at radius 2 is 2.00 bits per heavy atom. The van der Waals surface area contributed by atoms with Crippen molar-refractivity contribution in [2.75, 3.05) is 6.61 Å². The van der Waals surface area contributed by atoms with E-state index in [1.807, 2.05) is 0 Å². The van der Waals surface area contributed by atoms with Crippen LogP contribution in [0.2, 0.25) is 0 Å². The third-order valence-electron chi connectivity index (χ3n) is 3.74. The Kier molecular flexibility index (Phi) is 6.13. The molecule has 0 aliphatic heterocycles. The summed E-state index contributed by atoms with van der Waals surface area (Å²) in [6, 6.07) is 0. The Morgan fingerprint density at radius 3 is 2.61 bits per heavy atom. The molecule has 3 heteroatoms. The van der Waals surface area contributed by atoms with Crippen LogP contribution in [0.1, 0.15) is 65.7 Å². The van der Waals surface area contributed by atoms with Crippen molar-refractivity contribution in [3.8, 4) is 0 Å². The zero-order valence-electron chi connectivity index (χ0n) is 12.1. The third-order valence-corrected chi connectivity index (χ3v) is 3.74. The molecule has 1 fully saturated rings. The molecule has 0 aromatic rings. The summed E-state index contributed by atoms with van der Waals surface area (Å²) in [4.78, 5) is 10.4. The van der Waals surface area contributed by atoms with Crippen molar-refractivity contribution in [3.05, 3.63) is 0 Å². The number of ether oxygens (including phenoxy) is 1. The van der Waals surface area contributed by atoms with Gasteiger partial charge in [-0.15, -0.1) is 0 Å². The van der Waals surface area contributed by atoms with Crippen LogP contribution >= 0.6 is 0 Å². The van der Waals surface area contributed by atoms with Crippen molar-refractivity contribution in [3.63, 3.8) is 0 Å². The van der Waals surface area contributed by atoms with Crippen LogP contribution in [-0.2, 0) is 9.53 Å². The highest BCUT2D eigenvalue weighted by Crippen LogP contribution is 2.39. The topological polar surface area (TPSA) is 46.5 Å². The van der Waals surface area contributed by atoms with Crippen LogP contribution in [-0.4, -0.2) is 23.8 Å². The molecule has 0 aromatic heterocycles. The minimum atomic E-state index is -0.696. The predicted octanol–water partition coefficient (Wildman–Crippen LogP) is 3.86. The van der Waals surface area contributed by atoms with Gasteiger partial charge in [0, 0.05) is 13.0 Å². The zero-order valence-corrected chi connectivity index (χ0v) is 12.1. The summed E-state index contributed by atoms with van der Waals surface area (Å²) in [5, 5.41) is 8.53. The zero-order chi connectivity index (χ0) is 13.6. The first-order chi connectivity index (χ1) is 8.39. The highest BCUT2D eigenvalue weighted by molar-refractivity contribution is 5.66. The van der Waals surface area contributed by atoms with Gasteiger partial charge in [0.05, 0.1) is 6.10 Å². The van der Waals surface area contributed by atoms with Gasteiger partial charge in [-0.05, 0) is 43.4 Å². The minimum absolute atomic E-state index is 0.285. The minimum Gasteiger partial charge on any atom is -0.481 e. The fourth-order valence-electron chi connectivity index (χ4n) is 3.19. The lowest BCUT2D eigenvalue weighted by Gasteiger charge is -2.38. The van der Waals surface area contributed by atoms with Crippen molar-refractivity contribution < 1.29 is 14.6 Å². The van der Waals surface area contributed by atoms with E-state index in [1.54, 1.807) is 0 Å². The molecule has 1 saturated carbocycles. The quantitative estimate of drug-likeness (QED) is 0.703. The van der Waals surface area contributed by atoms with Crippen molar-refractivity contribution in [2.24, 2.45) is 11.3 Å². The number of carboxylic acids is 1. The molecular weight excluding hydrogens is 228 g/mol. The maximum absolute atomic E-state index is 10.4. The van der Waals surface area contributed by atoms with Crippen LogP contribution in [0.3, 0.4) is 0 Å². The Bertz CT molecular complexity index is 260. The first-order valence-electron chi connectivity index (χ1n) is 7.22. The Hall–Kier alpha value is -0.570. The van der Waals surface area contributed by atoms with Gasteiger partial charge in [-0.25, -0.2) is 0 Å². The van der Waals surface area contributed by atoms with Crippen molar-refractivity contribution in [2.45, 2.75) is 71.8 Å². The second-order valence-corrected chi connectivity index (χ2v) is 6.61. The fraction of sp³-hybridized carbons (Fsp3) is 0.933. The summed E-state index contributed by atoms with van der Waals surface area (Å²) >= 11 is 0. The van der Waals surface area contributed by atoms with Crippen LogP contribution in [0.5, 0.6) is 0 Å². The molecule has 2 atom stereocenters. The molecule has 0 saturated heterocycles. The van der Waals surface area contributed by atoms with E-state index in [4.69, 9.17) is 9.84 Å². The standard InChI is InChI=1S/C15H28O3/c1-12-9-13(11-15(2,3)10-12)18-8-6-4-5-7-14(16)17/h12-13H,4-11H2,1-3H3,(H,16,17). The SMILES string of the molecule is CC1CC(OCCCCCC(=O)O)CC(C)(C)C1. The van der Waals surface area contributed by atoms with Crippen molar-refractivity contribution in [1.82, 2.24) is 0 Å². The Morgan fingerprint density at radius 1 is 1.28 bits per heavy atom. The van der Waals surface area contributed by atoms with E-state index in [-0.39, 0.29) is 6.42 Å². The highest BCUT2D eigenvalue weighted by atomic mass is 16.5. The number of hydrogen-bond donors (Lipinski definition) is 1. The highest BCUT2D eigenvalue weighted by Gasteiger charge is 2.32. The third kappa shape index (κ3) is 6.39. The van der Waals surface area contributed by atoms with Gasteiger partial charge < -0.3 is 9.84 Å². The Labute approximate surface area is 111 Å². The average Bonchev–Trinajstić information content (AvgIpc) is 2.19. The molecule has 0 amide bonds. The largest absolute Gasteiger partial charge is 0.481 e. The van der Waals surface area contributed by atoms with Gasteiger partial charge in [-0.3, -0.25) is 4.79 Å². The van der Waals surface area contributed by atoms with E-state index in [1.165, 1.54) is 12.8 Å². The predicted molar refractivity (Wildman–Crippen MR) is 72.6 cm³/mol. The number of aliphatic carboxylic acids is 1. The van der Waals surface area contributed by atoms with Gasteiger partial charge in [0.2, 0.25) is 0 Å². The van der Waals surface area contributed by atoms with E-state index in [0.717, 1.165) is 38.2 Å². The Balaban J connectivity index is 2.10. The summed E-state index contributed by atoms with van der Waals surface area (Å²) in [5.41, 5.74) is 0.408. The van der Waals surface area contributed by atoms with Gasteiger partial charge in [-0.1, -0.05) is 27.2 Å². The number of unbranched alkanes of at least 4 members (excludes halogenated alkanes) is 2. The van der Waals surface area contributed by atoms with Crippen LogP contribution in [0.15, 0.2) is 0 Å². The molecule has 106 valence electrons. The molecule has 0 spiro atoms. The molecule has 0 bridgehead atoms. The normalized spacial score (nSPS) is 27.1. The smallest absolute Gasteiger partial charge is 0.303 e. The van der Waals surface area contributed by atoms with Gasteiger partial charge in [0.15, 0.2) is 0 Å². The second kappa shape index (κ2) is 7.13. The maximum atomic E-state index is 10.4. The lowest BCUT2D eigenvalue weighted by molar-refractivity contribution is -0.137. The number of rotatable bonds is 7. The first-order valence-corrected chi connectivity index (χ1v) is 7.22. The monoisotopic (exact) mass is 256 g/mol. The maximum Gasteiger partial charge on any atom is 0.303 e. The van der Waals surface area contributed by atoms with Crippen LogP contribution in [0.25, 0.3) is 0 Å². The molecule has 0 radical (unpaired) electrons. The molecule has 0 aromatic carbocycles. The average molecular weight is 256 g/mol. The summed E-state index contributed by atoms with van der Waals surface area (Å²) in [7, 11) is 0.